The molecule has 0 N–H and O–H groups in total. The zero-order chi connectivity index (χ0) is 15.4. The maximum Gasteiger partial charge on any atom is 0.348 e. The Bertz CT molecular complexity index is 803. The number of methoxy groups -OCH3 is 1. The smallest absolute Gasteiger partial charge is 0.348 e. The van der Waals surface area contributed by atoms with Gasteiger partial charge in [0.15, 0.2) is 0 Å². The van der Waals surface area contributed by atoms with E-state index in [0.29, 0.717) is 15.1 Å². The molecule has 7 heteroatoms. The van der Waals surface area contributed by atoms with Crippen molar-refractivity contribution in [1.82, 2.24) is 14.3 Å². The van der Waals surface area contributed by atoms with Gasteiger partial charge in [0.1, 0.15) is 16.0 Å². The van der Waals surface area contributed by atoms with Gasteiger partial charge in [0, 0.05) is 12.4 Å². The van der Waals surface area contributed by atoms with E-state index in [-0.39, 0.29) is 5.56 Å². The summed E-state index contributed by atoms with van der Waals surface area (Å²) in [4.78, 5) is 28.8. The van der Waals surface area contributed by atoms with Crippen molar-refractivity contribution in [2.24, 2.45) is 0 Å². The van der Waals surface area contributed by atoms with E-state index in [0.717, 1.165) is 11.3 Å². The second-order valence-electron chi connectivity index (χ2n) is 3.78. The first kappa shape index (κ1) is 15.0. The number of ether oxygens (including phenoxy) is 1. The molecule has 0 unspecified atom stereocenters. The summed E-state index contributed by atoms with van der Waals surface area (Å²) in [5.74, 6) is -0.463. The van der Waals surface area contributed by atoms with Crippen molar-refractivity contribution < 1.29 is 9.53 Å². The molecule has 0 aliphatic rings. The van der Waals surface area contributed by atoms with Crippen LogP contribution < -0.4 is 5.56 Å². The Morgan fingerprint density at radius 3 is 2.57 bits per heavy atom. The average molecular weight is 305 g/mol. The van der Waals surface area contributed by atoms with Gasteiger partial charge in [-0.1, -0.05) is 13.8 Å². The SMILES string of the molecule is CC.COC(=O)c1cc2c(=O)n(-n3cccc3)cnc2s1. The molecule has 0 saturated carbocycles. The molecule has 0 aromatic carbocycles. The van der Waals surface area contributed by atoms with E-state index in [1.54, 1.807) is 17.1 Å². The molecule has 3 aromatic heterocycles. The Balaban J connectivity index is 0.000000774. The van der Waals surface area contributed by atoms with E-state index < -0.39 is 5.97 Å². The van der Waals surface area contributed by atoms with Gasteiger partial charge in [-0.05, 0) is 18.2 Å². The molecule has 0 amide bonds. The fourth-order valence-corrected chi connectivity index (χ4v) is 2.66. The largest absolute Gasteiger partial charge is 0.465 e. The van der Waals surface area contributed by atoms with Gasteiger partial charge in [-0.2, -0.15) is 0 Å². The highest BCUT2D eigenvalue weighted by atomic mass is 32.1. The first-order valence-corrected chi connectivity index (χ1v) is 7.25. The summed E-state index contributed by atoms with van der Waals surface area (Å²) in [6.07, 6.45) is 4.91. The Morgan fingerprint density at radius 1 is 1.29 bits per heavy atom. The van der Waals surface area contributed by atoms with E-state index in [1.165, 1.54) is 24.2 Å². The number of nitrogens with zero attached hydrogens (tertiary/aromatic N) is 3. The van der Waals surface area contributed by atoms with Crippen LogP contribution in [0.4, 0.5) is 0 Å². The van der Waals surface area contributed by atoms with Crippen LogP contribution in [0, 0.1) is 0 Å². The van der Waals surface area contributed by atoms with Gasteiger partial charge in [0.25, 0.3) is 5.56 Å². The number of hydrogen-bond acceptors (Lipinski definition) is 5. The molecule has 21 heavy (non-hydrogen) atoms. The minimum absolute atomic E-state index is 0.229. The van der Waals surface area contributed by atoms with Crippen LogP contribution in [0.5, 0.6) is 0 Å². The van der Waals surface area contributed by atoms with E-state index in [9.17, 15) is 9.59 Å². The summed E-state index contributed by atoms with van der Waals surface area (Å²) < 4.78 is 7.62. The van der Waals surface area contributed by atoms with Crippen LogP contribution in [0.3, 0.4) is 0 Å². The average Bonchev–Trinajstić information content (AvgIpc) is 3.18. The highest BCUT2D eigenvalue weighted by molar-refractivity contribution is 7.20. The molecular weight excluding hydrogens is 290 g/mol. The molecule has 0 aliphatic carbocycles. The number of rotatable bonds is 2. The molecule has 110 valence electrons. The second-order valence-corrected chi connectivity index (χ2v) is 4.81. The summed E-state index contributed by atoms with van der Waals surface area (Å²) in [5.41, 5.74) is -0.229. The van der Waals surface area contributed by atoms with Crippen molar-refractivity contribution in [1.29, 1.82) is 0 Å². The highest BCUT2D eigenvalue weighted by Crippen LogP contribution is 2.21. The van der Waals surface area contributed by atoms with Crippen molar-refractivity contribution in [3.63, 3.8) is 0 Å². The lowest BCUT2D eigenvalue weighted by atomic mass is 10.3. The van der Waals surface area contributed by atoms with Crippen LogP contribution in [0.25, 0.3) is 10.2 Å². The number of hydrogen-bond donors (Lipinski definition) is 0. The van der Waals surface area contributed by atoms with Crippen LogP contribution in [0.2, 0.25) is 0 Å². The lowest BCUT2D eigenvalue weighted by molar-refractivity contribution is 0.0606. The molecule has 0 fully saturated rings. The number of aromatic nitrogens is 3. The van der Waals surface area contributed by atoms with Crippen molar-refractivity contribution >= 4 is 27.5 Å². The second kappa shape index (κ2) is 6.36. The van der Waals surface area contributed by atoms with Gasteiger partial charge in [0.05, 0.1) is 12.5 Å². The summed E-state index contributed by atoms with van der Waals surface area (Å²) in [7, 11) is 1.30. The van der Waals surface area contributed by atoms with Gasteiger partial charge >= 0.3 is 5.97 Å². The Kier molecular flexibility index (Phi) is 4.54. The minimum Gasteiger partial charge on any atom is -0.465 e. The molecule has 0 aliphatic heterocycles. The van der Waals surface area contributed by atoms with Crippen LogP contribution in [-0.2, 0) is 4.74 Å². The van der Waals surface area contributed by atoms with Crippen molar-refractivity contribution in [2.75, 3.05) is 7.11 Å². The Hall–Kier alpha value is -2.41. The van der Waals surface area contributed by atoms with Gasteiger partial charge in [-0.3, -0.25) is 9.47 Å². The molecule has 3 rings (SSSR count). The van der Waals surface area contributed by atoms with Gasteiger partial charge < -0.3 is 4.74 Å². The lowest BCUT2D eigenvalue weighted by Gasteiger charge is -2.04. The van der Waals surface area contributed by atoms with E-state index in [1.807, 2.05) is 26.0 Å². The maximum absolute atomic E-state index is 12.3. The molecule has 0 atom stereocenters. The van der Waals surface area contributed by atoms with E-state index >= 15 is 0 Å². The third-order valence-electron chi connectivity index (χ3n) is 2.66. The Morgan fingerprint density at radius 2 is 1.95 bits per heavy atom. The summed E-state index contributed by atoms with van der Waals surface area (Å²) >= 11 is 1.14. The molecule has 3 heterocycles. The maximum atomic E-state index is 12.3. The van der Waals surface area contributed by atoms with Crippen LogP contribution >= 0.6 is 11.3 Å². The standard InChI is InChI=1S/C12H9N3O3S.C2H6/c1-18-12(17)9-6-8-10(19-9)13-7-15(11(8)16)14-4-2-3-5-14;1-2/h2-7H,1H3;1-2H3. The molecular formula is C14H15N3O3S. The van der Waals surface area contributed by atoms with E-state index in [4.69, 9.17) is 0 Å². The number of thiophene rings is 1. The van der Waals surface area contributed by atoms with Crippen molar-refractivity contribution in [2.45, 2.75) is 13.8 Å². The molecule has 0 bridgehead atoms. The first-order valence-electron chi connectivity index (χ1n) is 6.44. The third kappa shape index (κ3) is 2.73. The fraction of sp³-hybridized carbons (Fsp3) is 0.214. The Labute approximate surface area is 125 Å². The fourth-order valence-electron chi connectivity index (χ4n) is 1.75. The van der Waals surface area contributed by atoms with Gasteiger partial charge in [-0.25, -0.2) is 14.5 Å². The zero-order valence-electron chi connectivity index (χ0n) is 11.9. The predicted octanol–water partition coefficient (Wildman–Crippen LogP) is 2.38. The summed E-state index contributed by atoms with van der Waals surface area (Å²) in [6.45, 7) is 4.00. The predicted molar refractivity (Wildman–Crippen MR) is 81.8 cm³/mol. The van der Waals surface area contributed by atoms with Crippen molar-refractivity contribution in [3.05, 3.63) is 52.2 Å². The monoisotopic (exact) mass is 305 g/mol. The number of esters is 1. The molecule has 0 saturated heterocycles. The highest BCUT2D eigenvalue weighted by Gasteiger charge is 2.14. The third-order valence-corrected chi connectivity index (χ3v) is 3.68. The normalized spacial score (nSPS) is 10.0. The first-order chi connectivity index (χ1) is 10.2. The molecule has 6 nitrogen and oxygen atoms in total. The van der Waals surface area contributed by atoms with Crippen LogP contribution in [0.1, 0.15) is 23.5 Å². The quantitative estimate of drug-likeness (QED) is 0.682. The van der Waals surface area contributed by atoms with Crippen molar-refractivity contribution in [3.8, 4) is 0 Å². The zero-order valence-corrected chi connectivity index (χ0v) is 12.8. The van der Waals surface area contributed by atoms with Gasteiger partial charge in [0.2, 0.25) is 0 Å². The number of carbonyl (C=O) groups is 1. The van der Waals surface area contributed by atoms with E-state index in [2.05, 4.69) is 9.72 Å². The van der Waals surface area contributed by atoms with Crippen LogP contribution in [-0.4, -0.2) is 27.4 Å². The van der Waals surface area contributed by atoms with Crippen LogP contribution in [0.15, 0.2) is 41.7 Å². The molecule has 0 spiro atoms. The summed E-state index contributed by atoms with van der Waals surface area (Å²) in [6, 6.07) is 5.13. The minimum atomic E-state index is -0.463. The molecule has 0 radical (unpaired) electrons. The summed E-state index contributed by atoms with van der Waals surface area (Å²) in [5, 5.41) is 0.404. The van der Waals surface area contributed by atoms with Gasteiger partial charge in [-0.15, -0.1) is 11.3 Å². The number of fused-ring (bicyclic) bond motifs is 1. The lowest BCUT2D eigenvalue weighted by Crippen LogP contribution is -2.24. The molecule has 3 aromatic rings. The number of carbonyl (C=O) groups excluding carboxylic acids is 1. The topological polar surface area (TPSA) is 66.1 Å².